The van der Waals surface area contributed by atoms with E-state index in [1.807, 2.05) is 25.2 Å². The van der Waals surface area contributed by atoms with E-state index in [1.54, 1.807) is 0 Å². The predicted molar refractivity (Wildman–Crippen MR) is 71.8 cm³/mol. The van der Waals surface area contributed by atoms with Gasteiger partial charge in [-0.25, -0.2) is 0 Å². The molecule has 0 fully saturated rings. The normalized spacial score (nSPS) is 9.75. The summed E-state index contributed by atoms with van der Waals surface area (Å²) in [7, 11) is 3.44. The molecule has 2 aromatic rings. The molecule has 16 heavy (non-hydrogen) atoms. The number of benzene rings is 2. The summed E-state index contributed by atoms with van der Waals surface area (Å²) in [6, 6.07) is 12.3. The fraction of sp³-hybridized carbons (Fsp3) is 0.231. The van der Waals surface area contributed by atoms with Gasteiger partial charge in [0.1, 0.15) is 0 Å². The molecule has 2 nitrogen and oxygen atoms in total. The number of hydrogen-bond acceptors (Lipinski definition) is 2. The van der Waals surface area contributed by atoms with Gasteiger partial charge in [-0.1, -0.05) is 35.9 Å². The van der Waals surface area contributed by atoms with Crippen molar-refractivity contribution in [3.8, 4) is 0 Å². The summed E-state index contributed by atoms with van der Waals surface area (Å²) >= 11 is 6.03. The Morgan fingerprint density at radius 3 is 2.56 bits per heavy atom. The smallest absolute Gasteiger partial charge is 0.0415 e. The number of rotatable bonds is 2. The summed E-state index contributed by atoms with van der Waals surface area (Å²) in [5.41, 5.74) is 5.75. The van der Waals surface area contributed by atoms with Gasteiger partial charge < -0.3 is 11.1 Å². The molecule has 0 radical (unpaired) electrons. The highest BCUT2D eigenvalue weighted by Gasteiger charge is 2.01. The van der Waals surface area contributed by atoms with Crippen molar-refractivity contribution in [3.05, 3.63) is 47.0 Å². The van der Waals surface area contributed by atoms with Crippen molar-refractivity contribution in [3.63, 3.8) is 0 Å². The van der Waals surface area contributed by atoms with E-state index >= 15 is 0 Å². The zero-order chi connectivity index (χ0) is 12.0. The molecular weight excluding hydrogens is 220 g/mol. The second kappa shape index (κ2) is 6.48. The zero-order valence-electron chi connectivity index (χ0n) is 9.63. The Morgan fingerprint density at radius 2 is 1.88 bits per heavy atom. The van der Waals surface area contributed by atoms with Crippen LogP contribution >= 0.6 is 11.6 Å². The molecule has 0 amide bonds. The van der Waals surface area contributed by atoms with Crippen LogP contribution in [0.2, 0.25) is 5.02 Å². The Bertz CT molecular complexity index is 455. The van der Waals surface area contributed by atoms with Crippen LogP contribution < -0.4 is 11.1 Å². The molecule has 0 saturated carbocycles. The van der Waals surface area contributed by atoms with E-state index in [4.69, 9.17) is 11.6 Å². The van der Waals surface area contributed by atoms with Gasteiger partial charge in [-0.05, 0) is 42.6 Å². The lowest BCUT2D eigenvalue weighted by atomic mass is 10.0. The molecule has 0 aliphatic rings. The first-order valence-corrected chi connectivity index (χ1v) is 5.58. The summed E-state index contributed by atoms with van der Waals surface area (Å²) in [6.45, 7) is 0.848. The fourth-order valence-corrected chi connectivity index (χ4v) is 1.94. The lowest BCUT2D eigenvalue weighted by Gasteiger charge is -2.06. The standard InChI is InChI=1S/C12H12ClN.CH5N/c1-14-8-10-7-11(13)6-9-4-2-3-5-12(9)10;1-2/h2-7,14H,8H2,1H3;2H2,1H3. The summed E-state index contributed by atoms with van der Waals surface area (Å²) < 4.78 is 0. The van der Waals surface area contributed by atoms with Gasteiger partial charge in [0.15, 0.2) is 0 Å². The van der Waals surface area contributed by atoms with Crippen LogP contribution in [0.5, 0.6) is 0 Å². The maximum atomic E-state index is 6.03. The van der Waals surface area contributed by atoms with E-state index < -0.39 is 0 Å². The summed E-state index contributed by atoms with van der Waals surface area (Å²) in [6.07, 6.45) is 0. The summed E-state index contributed by atoms with van der Waals surface area (Å²) in [5.74, 6) is 0. The van der Waals surface area contributed by atoms with Gasteiger partial charge in [0.25, 0.3) is 0 Å². The van der Waals surface area contributed by atoms with Gasteiger partial charge in [-0.3, -0.25) is 0 Å². The molecule has 0 spiro atoms. The first-order valence-electron chi connectivity index (χ1n) is 5.21. The van der Waals surface area contributed by atoms with Gasteiger partial charge in [-0.2, -0.15) is 0 Å². The van der Waals surface area contributed by atoms with Crippen LogP contribution in [0.15, 0.2) is 36.4 Å². The van der Waals surface area contributed by atoms with E-state index in [2.05, 4.69) is 29.2 Å². The lowest BCUT2D eigenvalue weighted by Crippen LogP contribution is -2.05. The molecule has 0 saturated heterocycles. The van der Waals surface area contributed by atoms with Gasteiger partial charge in [0, 0.05) is 11.6 Å². The number of fused-ring (bicyclic) bond motifs is 1. The number of hydrogen-bond donors (Lipinski definition) is 2. The maximum absolute atomic E-state index is 6.03. The van der Waals surface area contributed by atoms with Gasteiger partial charge in [-0.15, -0.1) is 0 Å². The molecular formula is C13H17ClN2. The molecule has 3 N–H and O–H groups in total. The molecule has 0 atom stereocenters. The molecule has 0 aliphatic carbocycles. The average molecular weight is 237 g/mol. The Hall–Kier alpha value is -1.09. The molecule has 86 valence electrons. The third kappa shape index (κ3) is 2.95. The second-order valence-corrected chi connectivity index (χ2v) is 3.75. The monoisotopic (exact) mass is 236 g/mol. The molecule has 2 aromatic carbocycles. The Morgan fingerprint density at radius 1 is 1.19 bits per heavy atom. The molecule has 0 aliphatic heterocycles. The van der Waals surface area contributed by atoms with Crippen molar-refractivity contribution in [1.29, 1.82) is 0 Å². The van der Waals surface area contributed by atoms with Gasteiger partial charge >= 0.3 is 0 Å². The molecule has 0 unspecified atom stereocenters. The topological polar surface area (TPSA) is 38.0 Å². The fourth-order valence-electron chi connectivity index (χ4n) is 1.69. The largest absolute Gasteiger partial charge is 0.333 e. The van der Waals surface area contributed by atoms with Crippen molar-refractivity contribution in [2.75, 3.05) is 14.1 Å². The minimum absolute atomic E-state index is 0.800. The maximum Gasteiger partial charge on any atom is 0.0415 e. The van der Waals surface area contributed by atoms with Crippen LogP contribution in [0.1, 0.15) is 5.56 Å². The molecule has 0 heterocycles. The highest BCUT2D eigenvalue weighted by molar-refractivity contribution is 6.31. The number of nitrogens with two attached hydrogens (primary N) is 1. The lowest BCUT2D eigenvalue weighted by molar-refractivity contribution is 0.824. The zero-order valence-corrected chi connectivity index (χ0v) is 10.4. The quantitative estimate of drug-likeness (QED) is 0.842. The predicted octanol–water partition coefficient (Wildman–Crippen LogP) is 2.79. The summed E-state index contributed by atoms with van der Waals surface area (Å²) in [4.78, 5) is 0. The minimum Gasteiger partial charge on any atom is -0.333 e. The molecule has 0 bridgehead atoms. The van der Waals surface area contributed by atoms with Crippen molar-refractivity contribution in [2.45, 2.75) is 6.54 Å². The highest BCUT2D eigenvalue weighted by Crippen LogP contribution is 2.23. The van der Waals surface area contributed by atoms with Crippen molar-refractivity contribution in [2.24, 2.45) is 5.73 Å². The first-order chi connectivity index (χ1) is 7.81. The van der Waals surface area contributed by atoms with Crippen LogP contribution in [-0.2, 0) is 6.54 Å². The minimum atomic E-state index is 0.800. The van der Waals surface area contributed by atoms with E-state index in [1.165, 1.54) is 23.4 Å². The van der Waals surface area contributed by atoms with Crippen molar-refractivity contribution >= 4 is 22.4 Å². The van der Waals surface area contributed by atoms with Crippen molar-refractivity contribution in [1.82, 2.24) is 5.32 Å². The summed E-state index contributed by atoms with van der Waals surface area (Å²) in [5, 5.41) is 6.41. The van der Waals surface area contributed by atoms with Gasteiger partial charge in [0.05, 0.1) is 0 Å². The van der Waals surface area contributed by atoms with Crippen LogP contribution in [0, 0.1) is 0 Å². The third-order valence-corrected chi connectivity index (χ3v) is 2.50. The Labute approximate surface area is 101 Å². The van der Waals surface area contributed by atoms with Crippen LogP contribution in [0.4, 0.5) is 0 Å². The Kier molecular flexibility index (Phi) is 5.26. The third-order valence-electron chi connectivity index (χ3n) is 2.28. The SMILES string of the molecule is CN.CNCc1cc(Cl)cc2ccccc12. The van der Waals surface area contributed by atoms with E-state index in [0.717, 1.165) is 11.6 Å². The Balaban J connectivity index is 0.000000606. The van der Waals surface area contributed by atoms with Crippen LogP contribution in [0.25, 0.3) is 10.8 Å². The van der Waals surface area contributed by atoms with Crippen molar-refractivity contribution < 1.29 is 0 Å². The van der Waals surface area contributed by atoms with E-state index in [9.17, 15) is 0 Å². The highest BCUT2D eigenvalue weighted by atomic mass is 35.5. The van der Waals surface area contributed by atoms with E-state index in [0.29, 0.717) is 0 Å². The molecule has 2 rings (SSSR count). The van der Waals surface area contributed by atoms with Crippen LogP contribution in [-0.4, -0.2) is 14.1 Å². The second-order valence-electron chi connectivity index (χ2n) is 3.32. The average Bonchev–Trinajstić information content (AvgIpc) is 2.32. The first kappa shape index (κ1) is 13.0. The van der Waals surface area contributed by atoms with Crippen LogP contribution in [0.3, 0.4) is 0 Å². The molecule has 3 heteroatoms. The molecule has 0 aromatic heterocycles. The van der Waals surface area contributed by atoms with Gasteiger partial charge in [0.2, 0.25) is 0 Å². The number of nitrogens with one attached hydrogen (secondary N) is 1. The van der Waals surface area contributed by atoms with E-state index in [-0.39, 0.29) is 0 Å². The number of halogens is 1.